The summed E-state index contributed by atoms with van der Waals surface area (Å²) in [6, 6.07) is 1.99. The lowest BCUT2D eigenvalue weighted by Gasteiger charge is -1.97. The van der Waals surface area contributed by atoms with Crippen LogP contribution in [0.4, 0.5) is 0 Å². The van der Waals surface area contributed by atoms with Crippen molar-refractivity contribution in [3.8, 4) is 0 Å². The van der Waals surface area contributed by atoms with Crippen molar-refractivity contribution >= 4 is 5.65 Å². The molecular formula is C11H15N3. The lowest BCUT2D eigenvalue weighted by Crippen LogP contribution is -1.93. The standard InChI is InChI=1S/C11H15N3/c1-8(2)6-10-7-14-11(13-10)9(3)4-5-12-14/h4-5,7-8H,6H2,1-3H3. The molecule has 2 rings (SSSR count). The molecule has 0 N–H and O–H groups in total. The summed E-state index contributed by atoms with van der Waals surface area (Å²) in [6.45, 7) is 6.46. The second-order valence-electron chi connectivity index (χ2n) is 4.11. The summed E-state index contributed by atoms with van der Waals surface area (Å²) < 4.78 is 1.85. The number of aromatic nitrogens is 3. The molecule has 0 aliphatic heterocycles. The van der Waals surface area contributed by atoms with Gasteiger partial charge in [0, 0.05) is 6.20 Å². The van der Waals surface area contributed by atoms with Crippen LogP contribution in [0.1, 0.15) is 25.1 Å². The van der Waals surface area contributed by atoms with E-state index in [0.29, 0.717) is 5.92 Å². The van der Waals surface area contributed by atoms with Crippen LogP contribution in [0.2, 0.25) is 0 Å². The predicted octanol–water partition coefficient (Wildman–Crippen LogP) is 2.24. The van der Waals surface area contributed by atoms with Gasteiger partial charge in [-0.2, -0.15) is 5.10 Å². The van der Waals surface area contributed by atoms with Crippen molar-refractivity contribution in [3.05, 3.63) is 29.7 Å². The highest BCUT2D eigenvalue weighted by atomic mass is 15.2. The van der Waals surface area contributed by atoms with Crippen molar-refractivity contribution in [2.45, 2.75) is 27.2 Å². The highest BCUT2D eigenvalue weighted by molar-refractivity contribution is 5.46. The smallest absolute Gasteiger partial charge is 0.156 e. The third-order valence-electron chi connectivity index (χ3n) is 2.22. The van der Waals surface area contributed by atoms with E-state index in [9.17, 15) is 0 Å². The number of imidazole rings is 1. The van der Waals surface area contributed by atoms with Crippen LogP contribution in [-0.4, -0.2) is 14.6 Å². The molecular weight excluding hydrogens is 174 g/mol. The zero-order chi connectivity index (χ0) is 10.1. The fourth-order valence-electron chi connectivity index (χ4n) is 1.58. The van der Waals surface area contributed by atoms with Gasteiger partial charge < -0.3 is 0 Å². The van der Waals surface area contributed by atoms with Crippen molar-refractivity contribution in [1.82, 2.24) is 14.6 Å². The summed E-state index contributed by atoms with van der Waals surface area (Å²) in [5, 5.41) is 4.22. The molecule has 0 aromatic carbocycles. The summed E-state index contributed by atoms with van der Waals surface area (Å²) in [4.78, 5) is 4.55. The first-order chi connectivity index (χ1) is 6.66. The molecule has 2 aromatic heterocycles. The average molecular weight is 189 g/mol. The summed E-state index contributed by atoms with van der Waals surface area (Å²) in [5.41, 5.74) is 3.28. The largest absolute Gasteiger partial charge is 0.232 e. The minimum Gasteiger partial charge on any atom is -0.232 e. The molecule has 0 atom stereocenters. The zero-order valence-corrected chi connectivity index (χ0v) is 8.86. The van der Waals surface area contributed by atoms with Crippen LogP contribution in [-0.2, 0) is 6.42 Å². The Hall–Kier alpha value is -1.38. The molecule has 0 spiro atoms. The lowest BCUT2D eigenvalue weighted by molar-refractivity contribution is 0.637. The summed E-state index contributed by atoms with van der Waals surface area (Å²) in [5.74, 6) is 0.639. The molecule has 0 bridgehead atoms. The highest BCUT2D eigenvalue weighted by Gasteiger charge is 2.05. The topological polar surface area (TPSA) is 30.2 Å². The van der Waals surface area contributed by atoms with Gasteiger partial charge in [0.15, 0.2) is 5.65 Å². The van der Waals surface area contributed by atoms with Crippen molar-refractivity contribution < 1.29 is 0 Å². The van der Waals surface area contributed by atoms with Crippen molar-refractivity contribution in [2.75, 3.05) is 0 Å². The minimum absolute atomic E-state index is 0.639. The summed E-state index contributed by atoms with van der Waals surface area (Å²) >= 11 is 0. The van der Waals surface area contributed by atoms with Crippen LogP contribution in [0.25, 0.3) is 5.65 Å². The molecule has 3 nitrogen and oxygen atoms in total. The Balaban J connectivity index is 2.46. The van der Waals surface area contributed by atoms with E-state index in [4.69, 9.17) is 0 Å². The Morgan fingerprint density at radius 1 is 1.43 bits per heavy atom. The van der Waals surface area contributed by atoms with Gasteiger partial charge in [-0.1, -0.05) is 13.8 Å². The third kappa shape index (κ3) is 1.62. The fraction of sp³-hybridized carbons (Fsp3) is 0.455. The van der Waals surface area contributed by atoms with E-state index in [-0.39, 0.29) is 0 Å². The van der Waals surface area contributed by atoms with E-state index in [1.807, 2.05) is 23.0 Å². The Labute approximate surface area is 83.8 Å². The molecule has 2 heterocycles. The van der Waals surface area contributed by atoms with Crippen LogP contribution >= 0.6 is 0 Å². The molecule has 0 aliphatic rings. The van der Waals surface area contributed by atoms with E-state index in [0.717, 1.165) is 17.8 Å². The van der Waals surface area contributed by atoms with E-state index >= 15 is 0 Å². The SMILES string of the molecule is Cc1ccnn2cc(CC(C)C)nc12. The lowest BCUT2D eigenvalue weighted by atomic mass is 10.1. The van der Waals surface area contributed by atoms with Gasteiger partial charge in [0.25, 0.3) is 0 Å². The summed E-state index contributed by atoms with van der Waals surface area (Å²) in [7, 11) is 0. The molecule has 0 unspecified atom stereocenters. The fourth-order valence-corrected chi connectivity index (χ4v) is 1.58. The molecule has 74 valence electrons. The van der Waals surface area contributed by atoms with Crippen LogP contribution in [0.5, 0.6) is 0 Å². The van der Waals surface area contributed by atoms with Crippen LogP contribution in [0.15, 0.2) is 18.5 Å². The zero-order valence-electron chi connectivity index (χ0n) is 8.86. The molecule has 0 radical (unpaired) electrons. The first-order valence-electron chi connectivity index (χ1n) is 4.96. The van der Waals surface area contributed by atoms with E-state index in [1.54, 1.807) is 0 Å². The van der Waals surface area contributed by atoms with Gasteiger partial charge in [-0.3, -0.25) is 0 Å². The van der Waals surface area contributed by atoms with Gasteiger partial charge in [-0.25, -0.2) is 9.50 Å². The van der Waals surface area contributed by atoms with Gasteiger partial charge in [0.05, 0.1) is 11.9 Å². The highest BCUT2D eigenvalue weighted by Crippen LogP contribution is 2.11. The maximum Gasteiger partial charge on any atom is 0.156 e. The molecule has 0 aliphatic carbocycles. The molecule has 0 saturated carbocycles. The van der Waals surface area contributed by atoms with Crippen molar-refractivity contribution in [1.29, 1.82) is 0 Å². The quantitative estimate of drug-likeness (QED) is 0.725. The third-order valence-corrected chi connectivity index (χ3v) is 2.22. The van der Waals surface area contributed by atoms with Crippen molar-refractivity contribution in [3.63, 3.8) is 0 Å². The normalized spacial score (nSPS) is 11.4. The molecule has 0 fully saturated rings. The molecule has 14 heavy (non-hydrogen) atoms. The van der Waals surface area contributed by atoms with Gasteiger partial charge in [-0.05, 0) is 30.9 Å². The maximum atomic E-state index is 4.55. The Kier molecular flexibility index (Phi) is 2.23. The van der Waals surface area contributed by atoms with Crippen LogP contribution in [0, 0.1) is 12.8 Å². The Morgan fingerprint density at radius 2 is 2.21 bits per heavy atom. The first kappa shape index (κ1) is 9.19. The number of nitrogens with zero attached hydrogens (tertiary/aromatic N) is 3. The maximum absolute atomic E-state index is 4.55. The van der Waals surface area contributed by atoms with Gasteiger partial charge in [-0.15, -0.1) is 0 Å². The number of aryl methyl sites for hydroxylation is 1. The van der Waals surface area contributed by atoms with Crippen molar-refractivity contribution in [2.24, 2.45) is 5.92 Å². The molecule has 3 heteroatoms. The minimum atomic E-state index is 0.639. The van der Waals surface area contributed by atoms with Gasteiger partial charge >= 0.3 is 0 Å². The van der Waals surface area contributed by atoms with E-state index in [2.05, 4.69) is 30.9 Å². The van der Waals surface area contributed by atoms with Gasteiger partial charge in [0.1, 0.15) is 0 Å². The van der Waals surface area contributed by atoms with Crippen LogP contribution < -0.4 is 0 Å². The van der Waals surface area contributed by atoms with E-state index in [1.165, 1.54) is 5.56 Å². The van der Waals surface area contributed by atoms with Gasteiger partial charge in [0.2, 0.25) is 0 Å². The second kappa shape index (κ2) is 3.40. The molecule has 0 amide bonds. The van der Waals surface area contributed by atoms with E-state index < -0.39 is 0 Å². The number of rotatable bonds is 2. The predicted molar refractivity (Wildman–Crippen MR) is 56.3 cm³/mol. The Bertz CT molecular complexity index is 443. The Morgan fingerprint density at radius 3 is 2.86 bits per heavy atom. The number of hydrogen-bond donors (Lipinski definition) is 0. The van der Waals surface area contributed by atoms with Crippen LogP contribution in [0.3, 0.4) is 0 Å². The first-order valence-corrected chi connectivity index (χ1v) is 4.96. The molecule has 2 aromatic rings. The second-order valence-corrected chi connectivity index (χ2v) is 4.11. The average Bonchev–Trinajstić information content (AvgIpc) is 2.47. The number of hydrogen-bond acceptors (Lipinski definition) is 2. The molecule has 0 saturated heterocycles. The number of fused-ring (bicyclic) bond motifs is 1. The monoisotopic (exact) mass is 189 g/mol. The summed E-state index contributed by atoms with van der Waals surface area (Å²) in [6.07, 6.45) is 4.84.